The van der Waals surface area contributed by atoms with E-state index in [1.165, 1.54) is 23.1 Å². The summed E-state index contributed by atoms with van der Waals surface area (Å²) in [7, 11) is -3.89. The van der Waals surface area contributed by atoms with Crippen LogP contribution in [0.25, 0.3) is 5.69 Å². The molecule has 2 aromatic carbocycles. The van der Waals surface area contributed by atoms with E-state index >= 15 is 0 Å². The Morgan fingerprint density at radius 3 is 2.36 bits per heavy atom. The third-order valence-electron chi connectivity index (χ3n) is 3.47. The molecule has 3 aromatic rings. The highest BCUT2D eigenvalue weighted by molar-refractivity contribution is 7.87. The van der Waals surface area contributed by atoms with Gasteiger partial charge in [0.2, 0.25) is 0 Å². The Hall–Kier alpha value is -2.45. The molecular formula is C16H15ClN4O3S. The zero-order valence-corrected chi connectivity index (χ0v) is 14.7. The van der Waals surface area contributed by atoms with E-state index in [0.717, 1.165) is 18.4 Å². The highest BCUT2D eigenvalue weighted by Crippen LogP contribution is 2.20. The van der Waals surface area contributed by atoms with Gasteiger partial charge < -0.3 is 4.18 Å². The normalized spacial score (nSPS) is 11.4. The summed E-state index contributed by atoms with van der Waals surface area (Å²) in [4.78, 5) is 0.103. The molecule has 0 radical (unpaired) electrons. The lowest BCUT2D eigenvalue weighted by Crippen LogP contribution is -2.10. The topological polar surface area (TPSA) is 87.0 Å². The molecule has 0 unspecified atom stereocenters. The van der Waals surface area contributed by atoms with Crippen LogP contribution in [-0.4, -0.2) is 34.5 Å². The summed E-state index contributed by atoms with van der Waals surface area (Å²) in [6, 6.07) is 13.0. The molecule has 0 aliphatic rings. The molecule has 0 N–H and O–H groups in total. The molecule has 0 fully saturated rings. The van der Waals surface area contributed by atoms with Crippen molar-refractivity contribution in [3.05, 3.63) is 60.4 Å². The van der Waals surface area contributed by atoms with Gasteiger partial charge in [0.1, 0.15) is 17.0 Å². The average molecular weight is 379 g/mol. The van der Waals surface area contributed by atoms with Crippen molar-refractivity contribution in [2.45, 2.75) is 17.7 Å². The summed E-state index contributed by atoms with van der Waals surface area (Å²) in [5.74, 6) is 0.784. The lowest BCUT2D eigenvalue weighted by molar-refractivity contribution is 0.486. The van der Waals surface area contributed by atoms with Crippen LogP contribution in [0.15, 0.2) is 59.8 Å². The minimum atomic E-state index is -3.89. The van der Waals surface area contributed by atoms with E-state index in [1.54, 1.807) is 36.4 Å². The number of halogens is 1. The first-order valence-corrected chi connectivity index (χ1v) is 9.45. The molecule has 0 amide bonds. The van der Waals surface area contributed by atoms with Crippen LogP contribution in [0, 0.1) is 0 Å². The SMILES string of the molecule is O=S(=O)(Oc1ccc(-n2cnnn2)cc1)c1ccc(CCCCl)cc1. The third kappa shape index (κ3) is 4.34. The average Bonchev–Trinajstić information content (AvgIpc) is 3.15. The van der Waals surface area contributed by atoms with Gasteiger partial charge in [-0.2, -0.15) is 8.42 Å². The molecule has 1 aromatic heterocycles. The lowest BCUT2D eigenvalue weighted by Gasteiger charge is -2.08. The number of benzene rings is 2. The van der Waals surface area contributed by atoms with Crippen LogP contribution in [-0.2, 0) is 16.5 Å². The van der Waals surface area contributed by atoms with Crippen LogP contribution in [0.2, 0.25) is 0 Å². The van der Waals surface area contributed by atoms with Crippen molar-refractivity contribution in [2.75, 3.05) is 5.88 Å². The van der Waals surface area contributed by atoms with Gasteiger partial charge in [0, 0.05) is 5.88 Å². The van der Waals surface area contributed by atoms with Gasteiger partial charge in [0.15, 0.2) is 0 Å². The maximum Gasteiger partial charge on any atom is 0.339 e. The lowest BCUT2D eigenvalue weighted by atomic mass is 10.1. The molecule has 3 rings (SSSR count). The zero-order chi connectivity index (χ0) is 17.7. The first kappa shape index (κ1) is 17.4. The molecule has 0 saturated heterocycles. The fourth-order valence-electron chi connectivity index (χ4n) is 2.20. The molecule has 0 aliphatic carbocycles. The molecule has 7 nitrogen and oxygen atoms in total. The van der Waals surface area contributed by atoms with Gasteiger partial charge in [0.05, 0.1) is 5.69 Å². The quantitative estimate of drug-likeness (QED) is 0.464. The third-order valence-corrected chi connectivity index (χ3v) is 5.00. The number of nitrogens with zero attached hydrogens (tertiary/aromatic N) is 4. The molecule has 0 bridgehead atoms. The molecule has 130 valence electrons. The van der Waals surface area contributed by atoms with Crippen molar-refractivity contribution in [2.24, 2.45) is 0 Å². The molecule has 0 spiro atoms. The predicted molar refractivity (Wildman–Crippen MR) is 92.5 cm³/mol. The summed E-state index contributed by atoms with van der Waals surface area (Å²) in [6.45, 7) is 0. The van der Waals surface area contributed by atoms with E-state index in [0.29, 0.717) is 11.6 Å². The van der Waals surface area contributed by atoms with E-state index < -0.39 is 10.1 Å². The van der Waals surface area contributed by atoms with Crippen LogP contribution in [0.3, 0.4) is 0 Å². The predicted octanol–water partition coefficient (Wildman–Crippen LogP) is 2.60. The second-order valence-electron chi connectivity index (χ2n) is 5.22. The molecular weight excluding hydrogens is 364 g/mol. The summed E-state index contributed by atoms with van der Waals surface area (Å²) < 4.78 is 31.3. The van der Waals surface area contributed by atoms with Gasteiger partial charge in [0.25, 0.3) is 0 Å². The molecule has 1 heterocycles. The van der Waals surface area contributed by atoms with Gasteiger partial charge in [-0.3, -0.25) is 0 Å². The fourth-order valence-corrected chi connectivity index (χ4v) is 3.27. The number of alkyl halides is 1. The second kappa shape index (κ2) is 7.62. The van der Waals surface area contributed by atoms with Crippen molar-refractivity contribution in [3.63, 3.8) is 0 Å². The first-order valence-electron chi connectivity index (χ1n) is 7.51. The van der Waals surface area contributed by atoms with Crippen molar-refractivity contribution < 1.29 is 12.6 Å². The standard InChI is InChI=1S/C16H15ClN4O3S/c17-11-1-2-13-3-9-16(10-4-13)25(22,23)24-15-7-5-14(6-8-15)21-12-18-19-20-21/h3-10,12H,1-2,11H2. The Kier molecular flexibility index (Phi) is 5.30. The first-order chi connectivity index (χ1) is 12.1. The van der Waals surface area contributed by atoms with Gasteiger partial charge in [-0.1, -0.05) is 12.1 Å². The number of aromatic nitrogens is 4. The van der Waals surface area contributed by atoms with E-state index in [-0.39, 0.29) is 10.6 Å². The van der Waals surface area contributed by atoms with Crippen molar-refractivity contribution in [3.8, 4) is 11.4 Å². The highest BCUT2D eigenvalue weighted by Gasteiger charge is 2.16. The maximum atomic E-state index is 12.4. The van der Waals surface area contributed by atoms with Crippen LogP contribution in [0.5, 0.6) is 5.75 Å². The molecule has 25 heavy (non-hydrogen) atoms. The van der Waals surface area contributed by atoms with E-state index in [2.05, 4.69) is 15.5 Å². The van der Waals surface area contributed by atoms with Crippen molar-refractivity contribution in [1.82, 2.24) is 20.2 Å². The Morgan fingerprint density at radius 2 is 1.76 bits per heavy atom. The van der Waals surface area contributed by atoms with Crippen LogP contribution < -0.4 is 4.18 Å². The molecule has 0 saturated carbocycles. The van der Waals surface area contributed by atoms with Crippen LogP contribution in [0.1, 0.15) is 12.0 Å². The van der Waals surface area contributed by atoms with Gasteiger partial charge in [-0.05, 0) is 65.2 Å². The Morgan fingerprint density at radius 1 is 1.04 bits per heavy atom. The molecule has 0 aliphatic heterocycles. The Bertz CT molecular complexity index is 911. The number of tetrazole rings is 1. The Balaban J connectivity index is 1.72. The summed E-state index contributed by atoms with van der Waals surface area (Å²) in [5.41, 5.74) is 1.73. The Labute approximate surface area is 150 Å². The van der Waals surface area contributed by atoms with E-state index in [1.807, 2.05) is 0 Å². The van der Waals surface area contributed by atoms with E-state index in [9.17, 15) is 8.42 Å². The van der Waals surface area contributed by atoms with Crippen molar-refractivity contribution in [1.29, 1.82) is 0 Å². The number of hydrogen-bond donors (Lipinski definition) is 0. The summed E-state index contributed by atoms with van der Waals surface area (Å²) in [5, 5.41) is 10.8. The number of aryl methyl sites for hydroxylation is 1. The van der Waals surface area contributed by atoms with E-state index in [4.69, 9.17) is 15.8 Å². The highest BCUT2D eigenvalue weighted by atomic mass is 35.5. The minimum Gasteiger partial charge on any atom is -0.379 e. The monoisotopic (exact) mass is 378 g/mol. The van der Waals surface area contributed by atoms with Crippen LogP contribution >= 0.6 is 11.6 Å². The largest absolute Gasteiger partial charge is 0.379 e. The summed E-state index contributed by atoms with van der Waals surface area (Å²) >= 11 is 5.66. The van der Waals surface area contributed by atoms with Gasteiger partial charge in [-0.15, -0.1) is 16.7 Å². The zero-order valence-electron chi connectivity index (χ0n) is 13.1. The minimum absolute atomic E-state index is 0.103. The fraction of sp³-hybridized carbons (Fsp3) is 0.188. The van der Waals surface area contributed by atoms with Gasteiger partial charge in [-0.25, -0.2) is 4.68 Å². The van der Waals surface area contributed by atoms with Gasteiger partial charge >= 0.3 is 10.1 Å². The second-order valence-corrected chi connectivity index (χ2v) is 7.15. The number of rotatable bonds is 7. The summed E-state index contributed by atoms with van der Waals surface area (Å²) in [6.07, 6.45) is 3.10. The molecule has 0 atom stereocenters. The van der Waals surface area contributed by atoms with Crippen molar-refractivity contribution >= 4 is 21.7 Å². The maximum absolute atomic E-state index is 12.4. The molecule has 9 heteroatoms. The van der Waals surface area contributed by atoms with Crippen LogP contribution in [0.4, 0.5) is 0 Å². The smallest absolute Gasteiger partial charge is 0.339 e. The number of hydrogen-bond acceptors (Lipinski definition) is 6.